The van der Waals surface area contributed by atoms with Crippen molar-refractivity contribution < 1.29 is 0 Å². The summed E-state index contributed by atoms with van der Waals surface area (Å²) >= 11 is 0. The molecule has 0 amide bonds. The molecule has 0 N–H and O–H groups in total. The third-order valence-electron chi connectivity index (χ3n) is 3.61. The van der Waals surface area contributed by atoms with Crippen LogP contribution in [0.25, 0.3) is 0 Å². The fraction of sp³-hybridized carbons (Fsp3) is 0.250. The highest BCUT2D eigenvalue weighted by Crippen LogP contribution is 2.27. The number of aliphatic imine (C=N–C) groups is 1. The highest BCUT2D eigenvalue weighted by molar-refractivity contribution is 6.13. The number of aryl methyl sites for hydroxylation is 1. The predicted octanol–water partition coefficient (Wildman–Crippen LogP) is 3.28. The molecule has 1 aliphatic heterocycles. The Morgan fingerprint density at radius 3 is 2.84 bits per heavy atom. The van der Waals surface area contributed by atoms with Gasteiger partial charge < -0.3 is 0 Å². The van der Waals surface area contributed by atoms with Gasteiger partial charge in [-0.05, 0) is 24.0 Å². The zero-order chi connectivity index (χ0) is 13.2. The lowest BCUT2D eigenvalue weighted by Crippen LogP contribution is -2.13. The normalized spacial score (nSPS) is 20.1. The maximum absolute atomic E-state index is 4.64. The summed E-state index contributed by atoms with van der Waals surface area (Å²) in [6.45, 7) is 2.26. The van der Waals surface area contributed by atoms with E-state index in [2.05, 4.69) is 47.4 Å². The Hall–Kier alpha value is -2.16. The van der Waals surface area contributed by atoms with Crippen molar-refractivity contribution in [3.63, 3.8) is 0 Å². The molecule has 3 rings (SSSR count). The summed E-state index contributed by atoms with van der Waals surface area (Å²) in [4.78, 5) is 4.64. The molecule has 2 heterocycles. The van der Waals surface area contributed by atoms with E-state index in [4.69, 9.17) is 0 Å². The zero-order valence-corrected chi connectivity index (χ0v) is 11.2. The quantitative estimate of drug-likeness (QED) is 0.765. The third kappa shape index (κ3) is 2.12. The van der Waals surface area contributed by atoms with E-state index in [1.54, 1.807) is 0 Å². The molecule has 0 fully saturated rings. The van der Waals surface area contributed by atoms with Gasteiger partial charge in [-0.15, -0.1) is 0 Å². The van der Waals surface area contributed by atoms with Gasteiger partial charge in [0, 0.05) is 25.0 Å². The molecule has 1 unspecified atom stereocenters. The number of fused-ring (bicyclic) bond motifs is 1. The first-order valence-electron chi connectivity index (χ1n) is 6.58. The third-order valence-corrected chi connectivity index (χ3v) is 3.61. The van der Waals surface area contributed by atoms with E-state index in [0.717, 1.165) is 17.8 Å². The first-order chi connectivity index (χ1) is 9.27. The maximum Gasteiger partial charge on any atom is 0.0957 e. The molecule has 1 atom stereocenters. The minimum Gasteiger partial charge on any atom is -0.266 e. The van der Waals surface area contributed by atoms with Crippen LogP contribution in [0, 0.1) is 0 Å². The van der Waals surface area contributed by atoms with Gasteiger partial charge >= 0.3 is 0 Å². The number of hydrogen-bond acceptors (Lipinski definition) is 2. The summed E-state index contributed by atoms with van der Waals surface area (Å²) < 4.78 is 1.87. The molecule has 2 aromatic rings. The van der Waals surface area contributed by atoms with Crippen molar-refractivity contribution in [1.29, 1.82) is 0 Å². The smallest absolute Gasteiger partial charge is 0.0957 e. The summed E-state index contributed by atoms with van der Waals surface area (Å²) in [5.41, 5.74) is 4.61. The molecule has 0 saturated carbocycles. The average molecular weight is 251 g/mol. The van der Waals surface area contributed by atoms with Crippen LogP contribution in [0.2, 0.25) is 0 Å². The van der Waals surface area contributed by atoms with E-state index in [0.29, 0.717) is 5.92 Å². The van der Waals surface area contributed by atoms with Crippen LogP contribution in [0.15, 0.2) is 53.8 Å². The van der Waals surface area contributed by atoms with Crippen molar-refractivity contribution >= 4 is 5.71 Å². The molecular formula is C16H17N3. The van der Waals surface area contributed by atoms with E-state index in [9.17, 15) is 0 Å². The molecule has 1 aromatic heterocycles. The van der Waals surface area contributed by atoms with E-state index in [1.807, 2.05) is 30.2 Å². The number of aromatic nitrogens is 2. The van der Waals surface area contributed by atoms with Gasteiger partial charge in [0.15, 0.2) is 0 Å². The number of rotatable bonds is 1. The summed E-state index contributed by atoms with van der Waals surface area (Å²) in [7, 11) is 1.95. The first kappa shape index (κ1) is 11.9. The highest BCUT2D eigenvalue weighted by Gasteiger charge is 2.18. The highest BCUT2D eigenvalue weighted by atomic mass is 15.3. The van der Waals surface area contributed by atoms with Gasteiger partial charge in [0.05, 0.1) is 11.4 Å². The summed E-state index contributed by atoms with van der Waals surface area (Å²) in [6, 6.07) is 10.5. The summed E-state index contributed by atoms with van der Waals surface area (Å²) in [5.74, 6) is 0.506. The van der Waals surface area contributed by atoms with Crippen molar-refractivity contribution in [2.75, 3.05) is 0 Å². The second kappa shape index (κ2) is 4.84. The second-order valence-electron chi connectivity index (χ2n) is 4.93. The minimum atomic E-state index is 0.506. The molecule has 96 valence electrons. The lowest BCUT2D eigenvalue weighted by atomic mass is 9.89. The van der Waals surface area contributed by atoms with Gasteiger partial charge in [-0.2, -0.15) is 5.10 Å². The van der Waals surface area contributed by atoms with E-state index in [-0.39, 0.29) is 0 Å². The van der Waals surface area contributed by atoms with Crippen LogP contribution in [0.3, 0.4) is 0 Å². The van der Waals surface area contributed by atoms with Gasteiger partial charge in [0.25, 0.3) is 0 Å². The lowest BCUT2D eigenvalue weighted by molar-refractivity contribution is 0.756. The second-order valence-corrected chi connectivity index (χ2v) is 4.93. The fourth-order valence-electron chi connectivity index (χ4n) is 2.54. The van der Waals surface area contributed by atoms with Crippen LogP contribution in [0.1, 0.15) is 36.1 Å². The fourth-order valence-corrected chi connectivity index (χ4v) is 2.54. The molecular weight excluding hydrogens is 234 g/mol. The van der Waals surface area contributed by atoms with Gasteiger partial charge in [-0.1, -0.05) is 37.3 Å². The average Bonchev–Trinajstić information content (AvgIpc) is 2.83. The Morgan fingerprint density at radius 1 is 1.21 bits per heavy atom. The van der Waals surface area contributed by atoms with Crippen LogP contribution in [-0.4, -0.2) is 15.5 Å². The van der Waals surface area contributed by atoms with Gasteiger partial charge in [-0.25, -0.2) is 0 Å². The standard InChI is InChI=1S/C16H17N3/c1-12-6-5-10-17-16(15-9-11-18-19(15)2)14-8-4-3-7-13(12)14/h3-5,7-12H,6H2,1-2H3/b10-5+,17-16?. The summed E-state index contributed by atoms with van der Waals surface area (Å²) in [5, 5.41) is 4.25. The van der Waals surface area contributed by atoms with Crippen LogP contribution in [-0.2, 0) is 7.05 Å². The topological polar surface area (TPSA) is 30.2 Å². The van der Waals surface area contributed by atoms with Crippen LogP contribution in [0.4, 0.5) is 0 Å². The molecule has 0 bridgehead atoms. The van der Waals surface area contributed by atoms with Crippen molar-refractivity contribution in [3.05, 3.63) is 65.6 Å². The molecule has 3 heteroatoms. The number of nitrogens with zero attached hydrogens (tertiary/aromatic N) is 3. The van der Waals surface area contributed by atoms with Crippen LogP contribution < -0.4 is 0 Å². The first-order valence-corrected chi connectivity index (χ1v) is 6.58. The molecule has 0 spiro atoms. The van der Waals surface area contributed by atoms with E-state index < -0.39 is 0 Å². The number of benzene rings is 1. The van der Waals surface area contributed by atoms with Gasteiger partial charge in [0.2, 0.25) is 0 Å². The van der Waals surface area contributed by atoms with Gasteiger partial charge in [0.1, 0.15) is 0 Å². The minimum absolute atomic E-state index is 0.506. The van der Waals surface area contributed by atoms with Gasteiger partial charge in [-0.3, -0.25) is 9.67 Å². The molecule has 0 aliphatic carbocycles. The molecule has 19 heavy (non-hydrogen) atoms. The zero-order valence-electron chi connectivity index (χ0n) is 11.2. The van der Waals surface area contributed by atoms with E-state index in [1.165, 1.54) is 11.1 Å². The van der Waals surface area contributed by atoms with Crippen LogP contribution >= 0.6 is 0 Å². The SMILES string of the molecule is CC1C/C=C/N=C(c2ccnn2C)c2ccccc21. The van der Waals surface area contributed by atoms with Crippen molar-refractivity contribution in [2.24, 2.45) is 12.0 Å². The largest absolute Gasteiger partial charge is 0.266 e. The molecule has 0 saturated heterocycles. The monoisotopic (exact) mass is 251 g/mol. The Morgan fingerprint density at radius 2 is 2.05 bits per heavy atom. The number of allylic oxidation sites excluding steroid dienone is 1. The van der Waals surface area contributed by atoms with Crippen molar-refractivity contribution in [3.8, 4) is 0 Å². The Bertz CT molecular complexity index is 650. The van der Waals surface area contributed by atoms with Crippen molar-refractivity contribution in [1.82, 2.24) is 9.78 Å². The number of hydrogen-bond donors (Lipinski definition) is 0. The Kier molecular flexibility index (Phi) is 3.03. The van der Waals surface area contributed by atoms with Crippen LogP contribution in [0.5, 0.6) is 0 Å². The molecule has 1 aromatic carbocycles. The maximum atomic E-state index is 4.64. The predicted molar refractivity (Wildman–Crippen MR) is 77.5 cm³/mol. The Balaban J connectivity index is 2.22. The van der Waals surface area contributed by atoms with Crippen molar-refractivity contribution in [2.45, 2.75) is 19.3 Å². The van der Waals surface area contributed by atoms with E-state index >= 15 is 0 Å². The molecule has 1 aliphatic rings. The molecule has 0 radical (unpaired) electrons. The molecule has 3 nitrogen and oxygen atoms in total. The lowest BCUT2D eigenvalue weighted by Gasteiger charge is -2.18. The summed E-state index contributed by atoms with van der Waals surface area (Å²) in [6.07, 6.45) is 6.89. The Labute approximate surface area is 113 Å².